The van der Waals surface area contributed by atoms with E-state index in [1.54, 1.807) is 0 Å². The summed E-state index contributed by atoms with van der Waals surface area (Å²) in [4.78, 5) is 0. The standard InChI is InChI=1S/C14H20O2/c1-10(2)7-8-16-12-5-3-11-4-6-14(15)13(11)9-12/h3,5,9-10,14-15H,4,6-8H2,1-2H3. The lowest BCUT2D eigenvalue weighted by molar-refractivity contribution is 0.179. The Morgan fingerprint density at radius 3 is 3.00 bits per heavy atom. The molecule has 1 N–H and O–H groups in total. The van der Waals surface area contributed by atoms with Gasteiger partial charge in [-0.25, -0.2) is 0 Å². The van der Waals surface area contributed by atoms with Crippen LogP contribution < -0.4 is 4.74 Å². The fourth-order valence-corrected chi connectivity index (χ4v) is 2.06. The molecule has 1 aromatic rings. The lowest BCUT2D eigenvalue weighted by Gasteiger charge is -2.10. The Balaban J connectivity index is 1.98. The minimum atomic E-state index is -0.288. The van der Waals surface area contributed by atoms with Crippen LogP contribution in [0.25, 0.3) is 0 Å². The molecule has 0 spiro atoms. The summed E-state index contributed by atoms with van der Waals surface area (Å²) < 4.78 is 5.68. The molecule has 0 heterocycles. The van der Waals surface area contributed by atoms with Crippen molar-refractivity contribution in [3.8, 4) is 5.75 Å². The molecule has 2 heteroatoms. The smallest absolute Gasteiger partial charge is 0.119 e. The third kappa shape index (κ3) is 2.56. The number of hydrogen-bond donors (Lipinski definition) is 1. The van der Waals surface area contributed by atoms with Crippen molar-refractivity contribution in [2.75, 3.05) is 6.61 Å². The fourth-order valence-electron chi connectivity index (χ4n) is 2.06. The molecule has 1 aliphatic rings. The van der Waals surface area contributed by atoms with Gasteiger partial charge >= 0.3 is 0 Å². The summed E-state index contributed by atoms with van der Waals surface area (Å²) in [6.45, 7) is 5.14. The molecule has 0 amide bonds. The number of aliphatic hydroxyl groups is 1. The Bertz CT molecular complexity index is 358. The highest BCUT2D eigenvalue weighted by Gasteiger charge is 2.20. The Labute approximate surface area is 97.3 Å². The van der Waals surface area contributed by atoms with E-state index in [9.17, 15) is 5.11 Å². The van der Waals surface area contributed by atoms with Crippen molar-refractivity contribution in [3.63, 3.8) is 0 Å². The van der Waals surface area contributed by atoms with Crippen LogP contribution in [0.4, 0.5) is 0 Å². The molecular weight excluding hydrogens is 200 g/mol. The maximum atomic E-state index is 9.76. The van der Waals surface area contributed by atoms with Crippen LogP contribution in [0.3, 0.4) is 0 Å². The van der Waals surface area contributed by atoms with Gasteiger partial charge in [-0.1, -0.05) is 19.9 Å². The molecule has 88 valence electrons. The number of benzene rings is 1. The molecule has 0 fully saturated rings. The zero-order chi connectivity index (χ0) is 11.5. The summed E-state index contributed by atoms with van der Waals surface area (Å²) in [6, 6.07) is 6.08. The van der Waals surface area contributed by atoms with Gasteiger partial charge < -0.3 is 9.84 Å². The number of aliphatic hydroxyl groups excluding tert-OH is 1. The van der Waals surface area contributed by atoms with Crippen molar-refractivity contribution in [1.82, 2.24) is 0 Å². The van der Waals surface area contributed by atoms with Gasteiger partial charge in [0.2, 0.25) is 0 Å². The fraction of sp³-hybridized carbons (Fsp3) is 0.571. The molecule has 1 unspecified atom stereocenters. The van der Waals surface area contributed by atoms with E-state index < -0.39 is 0 Å². The van der Waals surface area contributed by atoms with Crippen LogP contribution in [0, 0.1) is 5.92 Å². The highest BCUT2D eigenvalue weighted by Crippen LogP contribution is 2.33. The Kier molecular flexibility index (Phi) is 3.49. The maximum absolute atomic E-state index is 9.76. The first kappa shape index (κ1) is 11.5. The second-order valence-corrected chi connectivity index (χ2v) is 4.95. The SMILES string of the molecule is CC(C)CCOc1ccc2c(c1)C(O)CC2. The molecule has 0 saturated heterocycles. The average Bonchev–Trinajstić information content (AvgIpc) is 2.60. The molecule has 0 aliphatic heterocycles. The predicted octanol–water partition coefficient (Wildman–Crippen LogP) is 3.09. The largest absolute Gasteiger partial charge is 0.494 e. The molecule has 0 aromatic heterocycles. The van der Waals surface area contributed by atoms with Crippen LogP contribution in [0.5, 0.6) is 5.75 Å². The highest BCUT2D eigenvalue weighted by atomic mass is 16.5. The third-order valence-corrected chi connectivity index (χ3v) is 3.13. The zero-order valence-corrected chi connectivity index (χ0v) is 10.1. The van der Waals surface area contributed by atoms with Gasteiger partial charge in [-0.15, -0.1) is 0 Å². The van der Waals surface area contributed by atoms with E-state index in [0.29, 0.717) is 5.92 Å². The predicted molar refractivity (Wildman–Crippen MR) is 64.7 cm³/mol. The van der Waals surface area contributed by atoms with Crippen LogP contribution in [0.2, 0.25) is 0 Å². The number of fused-ring (bicyclic) bond motifs is 1. The van der Waals surface area contributed by atoms with Gasteiger partial charge in [-0.2, -0.15) is 0 Å². The topological polar surface area (TPSA) is 29.5 Å². The summed E-state index contributed by atoms with van der Waals surface area (Å²) in [6.07, 6.45) is 2.62. The number of hydrogen-bond acceptors (Lipinski definition) is 2. The second kappa shape index (κ2) is 4.88. The van der Waals surface area contributed by atoms with Crippen molar-refractivity contribution in [2.45, 2.75) is 39.2 Å². The van der Waals surface area contributed by atoms with Crippen molar-refractivity contribution in [3.05, 3.63) is 29.3 Å². The Morgan fingerprint density at radius 1 is 1.44 bits per heavy atom. The Hall–Kier alpha value is -1.02. The van der Waals surface area contributed by atoms with E-state index >= 15 is 0 Å². The van der Waals surface area contributed by atoms with E-state index in [1.165, 1.54) is 5.56 Å². The molecule has 16 heavy (non-hydrogen) atoms. The molecule has 1 aromatic carbocycles. The van der Waals surface area contributed by atoms with Crippen molar-refractivity contribution < 1.29 is 9.84 Å². The monoisotopic (exact) mass is 220 g/mol. The van der Waals surface area contributed by atoms with E-state index in [2.05, 4.69) is 19.9 Å². The summed E-state index contributed by atoms with van der Waals surface area (Å²) >= 11 is 0. The average molecular weight is 220 g/mol. The maximum Gasteiger partial charge on any atom is 0.119 e. The number of ether oxygens (including phenoxy) is 1. The quantitative estimate of drug-likeness (QED) is 0.845. The molecule has 2 nitrogen and oxygen atoms in total. The van der Waals surface area contributed by atoms with Gasteiger partial charge in [0, 0.05) is 0 Å². The highest BCUT2D eigenvalue weighted by molar-refractivity contribution is 5.39. The van der Waals surface area contributed by atoms with E-state index in [1.807, 2.05) is 12.1 Å². The molecule has 1 aliphatic carbocycles. The van der Waals surface area contributed by atoms with Crippen LogP contribution in [0.15, 0.2) is 18.2 Å². The summed E-state index contributed by atoms with van der Waals surface area (Å²) in [7, 11) is 0. The van der Waals surface area contributed by atoms with Crippen LogP contribution in [-0.2, 0) is 6.42 Å². The molecule has 0 saturated carbocycles. The lowest BCUT2D eigenvalue weighted by Crippen LogP contribution is -2.02. The van der Waals surface area contributed by atoms with Gasteiger partial charge in [0.05, 0.1) is 12.7 Å². The molecule has 0 bridgehead atoms. The van der Waals surface area contributed by atoms with Crippen LogP contribution >= 0.6 is 0 Å². The van der Waals surface area contributed by atoms with E-state index in [-0.39, 0.29) is 6.10 Å². The first-order chi connectivity index (χ1) is 7.66. The minimum absolute atomic E-state index is 0.288. The second-order valence-electron chi connectivity index (χ2n) is 4.95. The van der Waals surface area contributed by atoms with Gasteiger partial charge in [-0.3, -0.25) is 0 Å². The third-order valence-electron chi connectivity index (χ3n) is 3.13. The van der Waals surface area contributed by atoms with E-state index in [0.717, 1.165) is 37.2 Å². The zero-order valence-electron chi connectivity index (χ0n) is 10.1. The number of aryl methyl sites for hydroxylation is 1. The first-order valence-electron chi connectivity index (χ1n) is 6.10. The van der Waals surface area contributed by atoms with Gasteiger partial charge in [0.15, 0.2) is 0 Å². The van der Waals surface area contributed by atoms with Crippen LogP contribution in [-0.4, -0.2) is 11.7 Å². The van der Waals surface area contributed by atoms with Crippen molar-refractivity contribution in [2.24, 2.45) is 5.92 Å². The van der Waals surface area contributed by atoms with Gasteiger partial charge in [-0.05, 0) is 48.4 Å². The van der Waals surface area contributed by atoms with Gasteiger partial charge in [0.1, 0.15) is 5.75 Å². The molecule has 0 radical (unpaired) electrons. The Morgan fingerprint density at radius 2 is 2.25 bits per heavy atom. The van der Waals surface area contributed by atoms with E-state index in [4.69, 9.17) is 4.74 Å². The molecular formula is C14H20O2. The number of rotatable bonds is 4. The van der Waals surface area contributed by atoms with Crippen molar-refractivity contribution in [1.29, 1.82) is 0 Å². The van der Waals surface area contributed by atoms with Gasteiger partial charge in [0.25, 0.3) is 0 Å². The molecule has 1 atom stereocenters. The summed E-state index contributed by atoms with van der Waals surface area (Å²) in [5.41, 5.74) is 2.32. The first-order valence-corrected chi connectivity index (χ1v) is 6.10. The van der Waals surface area contributed by atoms with Crippen LogP contribution in [0.1, 0.15) is 43.9 Å². The summed E-state index contributed by atoms with van der Waals surface area (Å²) in [5, 5.41) is 9.76. The van der Waals surface area contributed by atoms with Crippen molar-refractivity contribution >= 4 is 0 Å². The normalized spacial score (nSPS) is 18.9. The summed E-state index contributed by atoms with van der Waals surface area (Å²) in [5.74, 6) is 1.56. The molecule has 2 rings (SSSR count). The lowest BCUT2D eigenvalue weighted by atomic mass is 10.1. The minimum Gasteiger partial charge on any atom is -0.494 e.